The van der Waals surface area contributed by atoms with Gasteiger partial charge in [-0.1, -0.05) is 36.3 Å². The fourth-order valence-electron chi connectivity index (χ4n) is 4.12. The van der Waals surface area contributed by atoms with E-state index < -0.39 is 0 Å². The molecule has 1 saturated heterocycles. The first-order chi connectivity index (χ1) is 13.7. The van der Waals surface area contributed by atoms with Crippen molar-refractivity contribution in [3.8, 4) is 0 Å². The van der Waals surface area contributed by atoms with Gasteiger partial charge in [0.15, 0.2) is 5.69 Å². The van der Waals surface area contributed by atoms with E-state index in [1.54, 1.807) is 6.07 Å². The second kappa shape index (κ2) is 7.02. The van der Waals surface area contributed by atoms with Crippen molar-refractivity contribution in [2.75, 3.05) is 13.1 Å². The number of benzene rings is 1. The largest absolute Gasteiger partial charge is 0.360 e. The van der Waals surface area contributed by atoms with E-state index in [4.69, 9.17) is 4.52 Å². The standard InChI is InChI=1S/C22H24N4O2/c1-14-11-26(12-17-5-2-4-16-6-3-9-23-21(16)17)13-19(14)24-22(27)18-10-20(28-25-18)15-7-8-15/h2-6,9-10,14-15,19H,7-8,11-13H2,1H3,(H,24,27)/t14-,19+/m1/s1. The molecule has 0 spiro atoms. The molecule has 6 nitrogen and oxygen atoms in total. The fourth-order valence-corrected chi connectivity index (χ4v) is 4.12. The number of nitrogens with zero attached hydrogens (tertiary/aromatic N) is 3. The predicted molar refractivity (Wildman–Crippen MR) is 106 cm³/mol. The number of fused-ring (bicyclic) bond motifs is 1. The van der Waals surface area contributed by atoms with Gasteiger partial charge in [0.2, 0.25) is 0 Å². The number of likely N-dealkylation sites (tertiary alicyclic amines) is 1. The Morgan fingerprint density at radius 2 is 2.11 bits per heavy atom. The van der Waals surface area contributed by atoms with Crippen LogP contribution in [0.3, 0.4) is 0 Å². The number of amides is 1. The molecule has 3 aromatic rings. The van der Waals surface area contributed by atoms with Gasteiger partial charge in [-0.25, -0.2) is 0 Å². The summed E-state index contributed by atoms with van der Waals surface area (Å²) in [6.07, 6.45) is 4.11. The molecule has 3 heterocycles. The Labute approximate surface area is 163 Å². The lowest BCUT2D eigenvalue weighted by molar-refractivity contribution is 0.0922. The first kappa shape index (κ1) is 17.4. The number of carbonyl (C=O) groups excluding carboxylic acids is 1. The van der Waals surface area contributed by atoms with Gasteiger partial charge in [-0.15, -0.1) is 0 Å². The average Bonchev–Trinajstić information content (AvgIpc) is 3.33. The van der Waals surface area contributed by atoms with Crippen LogP contribution in [0.1, 0.15) is 47.5 Å². The van der Waals surface area contributed by atoms with Crippen LogP contribution in [0.2, 0.25) is 0 Å². The molecule has 2 atom stereocenters. The minimum atomic E-state index is -0.138. The van der Waals surface area contributed by atoms with Crippen LogP contribution in [0, 0.1) is 5.92 Å². The fraction of sp³-hybridized carbons (Fsp3) is 0.409. The lowest BCUT2D eigenvalue weighted by atomic mass is 10.1. The molecule has 2 aromatic heterocycles. The van der Waals surface area contributed by atoms with Crippen LogP contribution in [0.15, 0.2) is 47.1 Å². The van der Waals surface area contributed by atoms with Crippen molar-refractivity contribution in [3.05, 3.63) is 59.6 Å². The van der Waals surface area contributed by atoms with E-state index >= 15 is 0 Å². The summed E-state index contributed by atoms with van der Waals surface area (Å²) in [5.41, 5.74) is 2.67. The molecule has 6 heteroatoms. The highest BCUT2D eigenvalue weighted by molar-refractivity contribution is 5.92. The molecule has 2 fully saturated rings. The SMILES string of the molecule is C[C@@H]1CN(Cc2cccc3cccnc23)C[C@@H]1NC(=O)c1cc(C2CC2)on1. The molecule has 1 aromatic carbocycles. The minimum Gasteiger partial charge on any atom is -0.360 e. The molecule has 2 aliphatic rings. The maximum absolute atomic E-state index is 12.6. The van der Waals surface area contributed by atoms with Crippen LogP contribution in [0.4, 0.5) is 0 Å². The van der Waals surface area contributed by atoms with Gasteiger partial charge in [0.1, 0.15) is 5.76 Å². The van der Waals surface area contributed by atoms with Crippen molar-refractivity contribution >= 4 is 16.8 Å². The lowest BCUT2D eigenvalue weighted by Crippen LogP contribution is -2.40. The molecule has 1 saturated carbocycles. The lowest BCUT2D eigenvalue weighted by Gasteiger charge is -2.17. The Morgan fingerprint density at radius 1 is 1.25 bits per heavy atom. The molecular weight excluding hydrogens is 352 g/mol. The number of nitrogens with one attached hydrogen (secondary N) is 1. The van der Waals surface area contributed by atoms with Crippen molar-refractivity contribution < 1.29 is 9.32 Å². The molecule has 0 unspecified atom stereocenters. The molecular formula is C22H24N4O2. The first-order valence-corrected chi connectivity index (χ1v) is 10.00. The predicted octanol–water partition coefficient (Wildman–Crippen LogP) is 3.35. The summed E-state index contributed by atoms with van der Waals surface area (Å²) in [4.78, 5) is 19.5. The van der Waals surface area contributed by atoms with Gasteiger partial charge in [0.25, 0.3) is 5.91 Å². The number of pyridine rings is 1. The Morgan fingerprint density at radius 3 is 2.96 bits per heavy atom. The van der Waals surface area contributed by atoms with Gasteiger partial charge in [0.05, 0.1) is 5.52 Å². The topological polar surface area (TPSA) is 71.3 Å². The van der Waals surface area contributed by atoms with E-state index in [9.17, 15) is 4.79 Å². The van der Waals surface area contributed by atoms with Crippen LogP contribution < -0.4 is 5.32 Å². The molecule has 1 aliphatic carbocycles. The highest BCUT2D eigenvalue weighted by Crippen LogP contribution is 2.40. The number of carbonyl (C=O) groups is 1. The monoisotopic (exact) mass is 376 g/mol. The van der Waals surface area contributed by atoms with Crippen molar-refractivity contribution in [2.45, 2.75) is 38.3 Å². The number of rotatable bonds is 5. The summed E-state index contributed by atoms with van der Waals surface area (Å²) >= 11 is 0. The Kier molecular flexibility index (Phi) is 4.36. The van der Waals surface area contributed by atoms with Crippen LogP contribution in [0.5, 0.6) is 0 Å². The van der Waals surface area contributed by atoms with Crippen molar-refractivity contribution in [3.63, 3.8) is 0 Å². The van der Waals surface area contributed by atoms with Gasteiger partial charge in [-0.2, -0.15) is 0 Å². The Balaban J connectivity index is 1.25. The molecule has 1 N–H and O–H groups in total. The number of aromatic nitrogens is 2. The second-order valence-electron chi connectivity index (χ2n) is 8.13. The summed E-state index contributed by atoms with van der Waals surface area (Å²) < 4.78 is 5.31. The third-order valence-corrected chi connectivity index (χ3v) is 5.86. The van der Waals surface area contributed by atoms with Crippen molar-refractivity contribution in [1.82, 2.24) is 20.4 Å². The zero-order valence-electron chi connectivity index (χ0n) is 16.0. The van der Waals surface area contributed by atoms with Gasteiger partial charge >= 0.3 is 0 Å². The third kappa shape index (κ3) is 3.40. The Bertz CT molecular complexity index is 1010. The molecule has 5 rings (SSSR count). The highest BCUT2D eigenvalue weighted by Gasteiger charge is 2.33. The van der Waals surface area contributed by atoms with Crippen molar-refractivity contribution in [2.24, 2.45) is 5.92 Å². The van der Waals surface area contributed by atoms with E-state index in [2.05, 4.69) is 51.5 Å². The van der Waals surface area contributed by atoms with Gasteiger partial charge in [0, 0.05) is 49.2 Å². The van der Waals surface area contributed by atoms with E-state index in [1.165, 1.54) is 5.56 Å². The maximum atomic E-state index is 12.6. The smallest absolute Gasteiger partial charge is 0.273 e. The zero-order valence-corrected chi connectivity index (χ0v) is 16.0. The quantitative estimate of drug-likeness (QED) is 0.739. The summed E-state index contributed by atoms with van der Waals surface area (Å²) in [7, 11) is 0. The normalized spacial score (nSPS) is 22.6. The van der Waals surface area contributed by atoms with E-state index in [0.29, 0.717) is 17.5 Å². The second-order valence-corrected chi connectivity index (χ2v) is 8.13. The minimum absolute atomic E-state index is 0.108. The van der Waals surface area contributed by atoms with Gasteiger partial charge < -0.3 is 9.84 Å². The van der Waals surface area contributed by atoms with Crippen LogP contribution in [0.25, 0.3) is 10.9 Å². The molecule has 28 heavy (non-hydrogen) atoms. The number of hydrogen-bond donors (Lipinski definition) is 1. The summed E-state index contributed by atoms with van der Waals surface area (Å²) in [5, 5.41) is 8.27. The average molecular weight is 376 g/mol. The van der Waals surface area contributed by atoms with Crippen LogP contribution in [-0.2, 0) is 6.54 Å². The number of para-hydroxylation sites is 1. The van der Waals surface area contributed by atoms with E-state index in [0.717, 1.165) is 49.1 Å². The summed E-state index contributed by atoms with van der Waals surface area (Å²) in [6, 6.07) is 12.3. The highest BCUT2D eigenvalue weighted by atomic mass is 16.5. The van der Waals surface area contributed by atoms with Crippen LogP contribution in [-0.4, -0.2) is 40.1 Å². The molecule has 144 valence electrons. The first-order valence-electron chi connectivity index (χ1n) is 10.00. The molecule has 1 aliphatic heterocycles. The number of hydrogen-bond acceptors (Lipinski definition) is 5. The Hall–Kier alpha value is -2.73. The zero-order chi connectivity index (χ0) is 19.1. The van der Waals surface area contributed by atoms with Crippen molar-refractivity contribution in [1.29, 1.82) is 0 Å². The summed E-state index contributed by atoms with van der Waals surface area (Å²) in [5.74, 6) is 1.54. The molecule has 1 amide bonds. The molecule has 0 radical (unpaired) electrons. The third-order valence-electron chi connectivity index (χ3n) is 5.86. The summed E-state index contributed by atoms with van der Waals surface area (Å²) in [6.45, 7) is 4.79. The van der Waals surface area contributed by atoms with Crippen LogP contribution >= 0.6 is 0 Å². The van der Waals surface area contributed by atoms with E-state index in [-0.39, 0.29) is 11.9 Å². The molecule has 0 bridgehead atoms. The van der Waals surface area contributed by atoms with Gasteiger partial charge in [-0.05, 0) is 30.4 Å². The maximum Gasteiger partial charge on any atom is 0.273 e. The van der Waals surface area contributed by atoms with E-state index in [1.807, 2.05) is 12.3 Å². The van der Waals surface area contributed by atoms with Gasteiger partial charge in [-0.3, -0.25) is 14.7 Å².